The maximum atomic E-state index is 9.53. The molecule has 2 N–H and O–H groups in total. The molecule has 1 unspecified atom stereocenters. The molecular formula is C17H16N2O. The van der Waals surface area contributed by atoms with E-state index in [1.54, 1.807) is 18.3 Å². The largest absolute Gasteiger partial charge is 0.508 e. The average molecular weight is 264 g/mol. The molecule has 2 aromatic carbocycles. The van der Waals surface area contributed by atoms with E-state index in [1.165, 1.54) is 0 Å². The number of nitrogens with zero attached hydrogens (tertiary/aromatic N) is 1. The summed E-state index contributed by atoms with van der Waals surface area (Å²) in [6, 6.07) is 17.5. The van der Waals surface area contributed by atoms with Gasteiger partial charge < -0.3 is 10.4 Å². The van der Waals surface area contributed by atoms with Crippen molar-refractivity contribution in [2.24, 2.45) is 0 Å². The highest BCUT2D eigenvalue weighted by Crippen LogP contribution is 2.24. The van der Waals surface area contributed by atoms with Crippen molar-refractivity contribution >= 4 is 16.6 Å². The molecule has 0 amide bonds. The molecular weight excluding hydrogens is 248 g/mol. The fourth-order valence-corrected chi connectivity index (χ4v) is 2.29. The van der Waals surface area contributed by atoms with Crippen LogP contribution in [0.2, 0.25) is 0 Å². The summed E-state index contributed by atoms with van der Waals surface area (Å²) in [6.07, 6.45) is 1.80. The summed E-state index contributed by atoms with van der Waals surface area (Å²) in [4.78, 5) is 4.31. The minimum Gasteiger partial charge on any atom is -0.508 e. The number of rotatable bonds is 3. The standard InChI is InChI=1S/C17H16N2O/c1-12(13-4-2-6-16(20)11-13)19-15-7-8-17-14(10-15)5-3-9-18-17/h2-12,19-20H,1H3. The Morgan fingerprint density at radius 2 is 1.95 bits per heavy atom. The summed E-state index contributed by atoms with van der Waals surface area (Å²) in [5.74, 6) is 0.291. The lowest BCUT2D eigenvalue weighted by molar-refractivity contribution is 0.474. The number of benzene rings is 2. The predicted molar refractivity (Wildman–Crippen MR) is 81.9 cm³/mol. The Hall–Kier alpha value is -2.55. The first kappa shape index (κ1) is 12.5. The van der Waals surface area contributed by atoms with Crippen LogP contribution in [0.25, 0.3) is 10.9 Å². The molecule has 0 bridgehead atoms. The van der Waals surface area contributed by atoms with Gasteiger partial charge in [-0.3, -0.25) is 4.98 Å². The van der Waals surface area contributed by atoms with Gasteiger partial charge in [0.2, 0.25) is 0 Å². The van der Waals surface area contributed by atoms with E-state index in [0.29, 0.717) is 5.75 Å². The fourth-order valence-electron chi connectivity index (χ4n) is 2.29. The first-order chi connectivity index (χ1) is 9.72. The van der Waals surface area contributed by atoms with E-state index >= 15 is 0 Å². The molecule has 3 rings (SSSR count). The second-order valence-corrected chi connectivity index (χ2v) is 4.87. The van der Waals surface area contributed by atoms with Crippen molar-refractivity contribution in [2.45, 2.75) is 13.0 Å². The Morgan fingerprint density at radius 3 is 2.80 bits per heavy atom. The first-order valence-electron chi connectivity index (χ1n) is 6.62. The number of hydrogen-bond acceptors (Lipinski definition) is 3. The van der Waals surface area contributed by atoms with E-state index in [-0.39, 0.29) is 6.04 Å². The smallest absolute Gasteiger partial charge is 0.115 e. The van der Waals surface area contributed by atoms with Crippen molar-refractivity contribution in [3.8, 4) is 5.75 Å². The molecule has 0 radical (unpaired) electrons. The van der Waals surface area contributed by atoms with Gasteiger partial charge in [-0.15, -0.1) is 0 Å². The highest BCUT2D eigenvalue weighted by molar-refractivity contribution is 5.82. The number of nitrogens with one attached hydrogen (secondary N) is 1. The van der Waals surface area contributed by atoms with Crippen LogP contribution in [-0.4, -0.2) is 10.1 Å². The number of pyridine rings is 1. The molecule has 1 atom stereocenters. The molecule has 0 fully saturated rings. The predicted octanol–water partition coefficient (Wildman–Crippen LogP) is 4.11. The van der Waals surface area contributed by atoms with Gasteiger partial charge in [-0.1, -0.05) is 18.2 Å². The van der Waals surface area contributed by atoms with Crippen LogP contribution in [0.4, 0.5) is 5.69 Å². The molecule has 0 aliphatic rings. The average Bonchev–Trinajstić information content (AvgIpc) is 2.47. The minimum atomic E-state index is 0.122. The summed E-state index contributed by atoms with van der Waals surface area (Å²) < 4.78 is 0. The van der Waals surface area contributed by atoms with Crippen LogP contribution >= 0.6 is 0 Å². The van der Waals surface area contributed by atoms with E-state index in [4.69, 9.17) is 0 Å². The SMILES string of the molecule is CC(Nc1ccc2ncccc2c1)c1cccc(O)c1. The van der Waals surface area contributed by atoms with Crippen LogP contribution in [0.3, 0.4) is 0 Å². The lowest BCUT2D eigenvalue weighted by Crippen LogP contribution is -2.06. The summed E-state index contributed by atoms with van der Waals surface area (Å²) in [7, 11) is 0. The zero-order chi connectivity index (χ0) is 13.9. The van der Waals surface area contributed by atoms with Crippen molar-refractivity contribution < 1.29 is 5.11 Å². The van der Waals surface area contributed by atoms with Crippen molar-refractivity contribution in [3.05, 3.63) is 66.4 Å². The number of fused-ring (bicyclic) bond motifs is 1. The fraction of sp³-hybridized carbons (Fsp3) is 0.118. The Kier molecular flexibility index (Phi) is 3.25. The molecule has 0 aliphatic heterocycles. The van der Waals surface area contributed by atoms with Crippen LogP contribution in [0.5, 0.6) is 5.75 Å². The Morgan fingerprint density at radius 1 is 1.05 bits per heavy atom. The van der Waals surface area contributed by atoms with E-state index in [0.717, 1.165) is 22.2 Å². The minimum absolute atomic E-state index is 0.122. The van der Waals surface area contributed by atoms with Crippen LogP contribution in [0.1, 0.15) is 18.5 Å². The van der Waals surface area contributed by atoms with E-state index in [9.17, 15) is 5.11 Å². The van der Waals surface area contributed by atoms with Crippen molar-refractivity contribution in [1.29, 1.82) is 0 Å². The molecule has 1 aromatic heterocycles. The number of phenolic OH excluding ortho intramolecular Hbond substituents is 1. The summed E-state index contributed by atoms with van der Waals surface area (Å²) in [6.45, 7) is 2.07. The number of hydrogen-bond donors (Lipinski definition) is 2. The normalized spacial score (nSPS) is 12.2. The number of anilines is 1. The third-order valence-electron chi connectivity index (χ3n) is 3.36. The van der Waals surface area contributed by atoms with Gasteiger partial charge in [-0.2, -0.15) is 0 Å². The van der Waals surface area contributed by atoms with Crippen molar-refractivity contribution in [3.63, 3.8) is 0 Å². The van der Waals surface area contributed by atoms with Gasteiger partial charge in [0, 0.05) is 23.3 Å². The van der Waals surface area contributed by atoms with Crippen LogP contribution in [-0.2, 0) is 0 Å². The van der Waals surface area contributed by atoms with Gasteiger partial charge in [0.05, 0.1) is 5.52 Å². The van der Waals surface area contributed by atoms with Crippen LogP contribution < -0.4 is 5.32 Å². The topological polar surface area (TPSA) is 45.2 Å². The van der Waals surface area contributed by atoms with Gasteiger partial charge in [0.1, 0.15) is 5.75 Å². The maximum absolute atomic E-state index is 9.53. The van der Waals surface area contributed by atoms with Gasteiger partial charge in [-0.05, 0) is 48.9 Å². The monoisotopic (exact) mass is 264 g/mol. The van der Waals surface area contributed by atoms with E-state index in [2.05, 4.69) is 23.3 Å². The van der Waals surface area contributed by atoms with Gasteiger partial charge in [0.25, 0.3) is 0 Å². The van der Waals surface area contributed by atoms with Gasteiger partial charge in [0.15, 0.2) is 0 Å². The molecule has 0 saturated heterocycles. The van der Waals surface area contributed by atoms with Gasteiger partial charge in [-0.25, -0.2) is 0 Å². The Labute approximate surface area is 117 Å². The van der Waals surface area contributed by atoms with Crippen LogP contribution in [0.15, 0.2) is 60.8 Å². The summed E-state index contributed by atoms with van der Waals surface area (Å²) in [5.41, 5.74) is 3.08. The third kappa shape index (κ3) is 2.57. The zero-order valence-electron chi connectivity index (χ0n) is 11.2. The molecule has 20 heavy (non-hydrogen) atoms. The number of phenols is 1. The summed E-state index contributed by atoms with van der Waals surface area (Å²) >= 11 is 0. The summed E-state index contributed by atoms with van der Waals surface area (Å²) in [5, 5.41) is 14.1. The van der Waals surface area contributed by atoms with E-state index in [1.807, 2.05) is 36.4 Å². The second-order valence-electron chi connectivity index (χ2n) is 4.87. The Bertz CT molecular complexity index is 740. The lowest BCUT2D eigenvalue weighted by Gasteiger charge is -2.16. The zero-order valence-corrected chi connectivity index (χ0v) is 11.2. The number of aromatic nitrogens is 1. The van der Waals surface area contributed by atoms with Gasteiger partial charge >= 0.3 is 0 Å². The molecule has 100 valence electrons. The quantitative estimate of drug-likeness (QED) is 0.748. The maximum Gasteiger partial charge on any atom is 0.115 e. The van der Waals surface area contributed by atoms with E-state index < -0.39 is 0 Å². The lowest BCUT2D eigenvalue weighted by atomic mass is 10.1. The van der Waals surface area contributed by atoms with Crippen molar-refractivity contribution in [2.75, 3.05) is 5.32 Å². The highest BCUT2D eigenvalue weighted by Gasteiger charge is 2.06. The molecule has 1 heterocycles. The number of aromatic hydroxyl groups is 1. The molecule has 3 heteroatoms. The molecule has 3 aromatic rings. The van der Waals surface area contributed by atoms with Crippen molar-refractivity contribution in [1.82, 2.24) is 4.98 Å². The molecule has 0 spiro atoms. The van der Waals surface area contributed by atoms with Crippen LogP contribution in [0, 0.1) is 0 Å². The second kappa shape index (κ2) is 5.21. The highest BCUT2D eigenvalue weighted by atomic mass is 16.3. The first-order valence-corrected chi connectivity index (χ1v) is 6.62. The third-order valence-corrected chi connectivity index (χ3v) is 3.36. The molecule has 0 saturated carbocycles. The molecule has 3 nitrogen and oxygen atoms in total. The Balaban J connectivity index is 1.85. The molecule has 0 aliphatic carbocycles.